The fraction of sp³-hybridized carbons (Fsp3) is 0.292. The first-order chi connectivity index (χ1) is 17.5. The van der Waals surface area contributed by atoms with E-state index in [0.29, 0.717) is 29.7 Å². The van der Waals surface area contributed by atoms with Gasteiger partial charge in [0.15, 0.2) is 0 Å². The topological polar surface area (TPSA) is 101 Å². The van der Waals surface area contributed by atoms with Crippen molar-refractivity contribution in [3.8, 4) is 17.0 Å². The van der Waals surface area contributed by atoms with Crippen molar-refractivity contribution >= 4 is 15.9 Å². The number of hydrogen-bond donors (Lipinski definition) is 1. The molecule has 1 aliphatic heterocycles. The van der Waals surface area contributed by atoms with Gasteiger partial charge in [-0.15, -0.1) is 0 Å². The van der Waals surface area contributed by atoms with Gasteiger partial charge in [-0.25, -0.2) is 17.8 Å². The number of hydrogen-bond acceptors (Lipinski definition) is 6. The molecule has 13 heteroatoms. The number of pyridine rings is 2. The molecule has 1 saturated heterocycles. The Bertz CT molecular complexity index is 1380. The Balaban J connectivity index is 1.50. The molecule has 1 aromatic carbocycles. The number of nitrogens with zero attached hydrogens (tertiary/aromatic N) is 3. The number of alkyl halides is 3. The first-order valence-corrected chi connectivity index (χ1v) is 12.6. The number of nitrogens with one attached hydrogen (secondary N) is 1. The second-order valence-electron chi connectivity index (χ2n) is 8.26. The van der Waals surface area contributed by atoms with Crippen molar-refractivity contribution in [3.05, 3.63) is 71.9 Å². The number of aromatic nitrogens is 2. The lowest BCUT2D eigenvalue weighted by molar-refractivity contribution is -0.141. The standard InChI is InChI=1S/C24H22F4N4O4S/c1-36-22-12-16(15-4-9-21(29-13-15)24(26,27)28)11-18(31-22)14-30-23(33)20-3-2-10-32(20)37(34,35)19-7-5-17(25)6-8-19/h4-9,11-13,20H,2-3,10,14H2,1H3,(H,30,33)/t20-/m0/s1. The number of ether oxygens (including phenoxy) is 1. The van der Waals surface area contributed by atoms with E-state index in [1.165, 1.54) is 19.2 Å². The average molecular weight is 539 g/mol. The molecule has 0 saturated carbocycles. The molecular formula is C24H22F4N4O4S. The summed E-state index contributed by atoms with van der Waals surface area (Å²) in [4.78, 5) is 20.5. The van der Waals surface area contributed by atoms with Crippen molar-refractivity contribution in [2.45, 2.75) is 36.5 Å². The number of carbonyl (C=O) groups excluding carboxylic acids is 1. The molecule has 1 atom stereocenters. The Labute approximate surface area is 210 Å². The minimum atomic E-state index is -4.57. The van der Waals surface area contributed by atoms with E-state index in [1.54, 1.807) is 6.07 Å². The number of amides is 1. The summed E-state index contributed by atoms with van der Waals surface area (Å²) >= 11 is 0. The molecule has 196 valence electrons. The summed E-state index contributed by atoms with van der Waals surface area (Å²) in [7, 11) is -2.65. The molecule has 0 unspecified atom stereocenters. The summed E-state index contributed by atoms with van der Waals surface area (Å²) in [6, 6.07) is 8.62. The van der Waals surface area contributed by atoms with Crippen LogP contribution < -0.4 is 10.1 Å². The van der Waals surface area contributed by atoms with Crippen LogP contribution in [0.15, 0.2) is 59.6 Å². The zero-order chi connectivity index (χ0) is 26.8. The summed E-state index contributed by atoms with van der Waals surface area (Å²) in [5.41, 5.74) is 0.169. The van der Waals surface area contributed by atoms with Gasteiger partial charge >= 0.3 is 6.18 Å². The molecule has 0 aliphatic carbocycles. The van der Waals surface area contributed by atoms with Gasteiger partial charge in [0, 0.05) is 24.4 Å². The van der Waals surface area contributed by atoms with Gasteiger partial charge in [0.25, 0.3) is 0 Å². The van der Waals surface area contributed by atoms with Crippen LogP contribution in [0.2, 0.25) is 0 Å². The van der Waals surface area contributed by atoms with E-state index >= 15 is 0 Å². The molecule has 4 rings (SSSR count). The summed E-state index contributed by atoms with van der Waals surface area (Å²) < 4.78 is 84.1. The molecule has 1 aliphatic rings. The molecule has 3 heterocycles. The third-order valence-corrected chi connectivity index (χ3v) is 7.74. The van der Waals surface area contributed by atoms with E-state index in [-0.39, 0.29) is 23.9 Å². The number of methoxy groups -OCH3 is 1. The highest BCUT2D eigenvalue weighted by atomic mass is 32.2. The third kappa shape index (κ3) is 5.88. The van der Waals surface area contributed by atoms with E-state index in [9.17, 15) is 30.8 Å². The molecule has 1 N–H and O–H groups in total. The van der Waals surface area contributed by atoms with Crippen molar-refractivity contribution < 1.29 is 35.5 Å². The number of rotatable bonds is 7. The van der Waals surface area contributed by atoms with E-state index in [4.69, 9.17) is 4.74 Å². The predicted molar refractivity (Wildman–Crippen MR) is 124 cm³/mol. The zero-order valence-electron chi connectivity index (χ0n) is 19.5. The van der Waals surface area contributed by atoms with E-state index in [2.05, 4.69) is 15.3 Å². The fourth-order valence-corrected chi connectivity index (χ4v) is 5.64. The van der Waals surface area contributed by atoms with Gasteiger partial charge < -0.3 is 10.1 Å². The van der Waals surface area contributed by atoms with Gasteiger partial charge in [0.1, 0.15) is 17.6 Å². The van der Waals surface area contributed by atoms with Crippen LogP contribution in [0, 0.1) is 5.82 Å². The summed E-state index contributed by atoms with van der Waals surface area (Å²) in [6.07, 6.45) is -2.71. The maximum atomic E-state index is 13.2. The lowest BCUT2D eigenvalue weighted by Gasteiger charge is -2.23. The molecule has 1 fully saturated rings. The first kappa shape index (κ1) is 26.5. The van der Waals surface area contributed by atoms with Gasteiger partial charge in [-0.05, 0) is 54.8 Å². The molecule has 1 amide bonds. The molecule has 37 heavy (non-hydrogen) atoms. The Morgan fingerprint density at radius 2 is 1.86 bits per heavy atom. The maximum absolute atomic E-state index is 13.2. The average Bonchev–Trinajstić information content (AvgIpc) is 3.38. The Morgan fingerprint density at radius 3 is 2.49 bits per heavy atom. The van der Waals surface area contributed by atoms with Crippen molar-refractivity contribution in [1.82, 2.24) is 19.6 Å². The van der Waals surface area contributed by atoms with Crippen LogP contribution in [0.25, 0.3) is 11.1 Å². The van der Waals surface area contributed by atoms with E-state index in [0.717, 1.165) is 40.8 Å². The monoisotopic (exact) mass is 538 g/mol. The summed E-state index contributed by atoms with van der Waals surface area (Å²) in [5.74, 6) is -0.944. The van der Waals surface area contributed by atoms with Gasteiger partial charge in [-0.3, -0.25) is 9.78 Å². The molecule has 0 bridgehead atoms. The van der Waals surface area contributed by atoms with Crippen LogP contribution in [0.4, 0.5) is 17.6 Å². The maximum Gasteiger partial charge on any atom is 0.433 e. The lowest BCUT2D eigenvalue weighted by atomic mass is 10.1. The third-order valence-electron chi connectivity index (χ3n) is 5.82. The number of carbonyl (C=O) groups is 1. The Kier molecular flexibility index (Phi) is 7.46. The molecular weight excluding hydrogens is 516 g/mol. The van der Waals surface area contributed by atoms with Gasteiger partial charge in [-0.2, -0.15) is 17.5 Å². The number of benzene rings is 1. The van der Waals surface area contributed by atoms with Crippen LogP contribution in [0.1, 0.15) is 24.2 Å². The Hall–Kier alpha value is -3.58. The largest absolute Gasteiger partial charge is 0.481 e. The highest BCUT2D eigenvalue weighted by Gasteiger charge is 2.39. The zero-order valence-corrected chi connectivity index (χ0v) is 20.3. The molecule has 3 aromatic rings. The van der Waals surface area contributed by atoms with Crippen LogP contribution >= 0.6 is 0 Å². The number of halogens is 4. The smallest absolute Gasteiger partial charge is 0.433 e. The highest BCUT2D eigenvalue weighted by Crippen LogP contribution is 2.30. The summed E-state index contributed by atoms with van der Waals surface area (Å²) in [6.45, 7) is 0.0539. The quantitative estimate of drug-likeness (QED) is 0.460. The SMILES string of the molecule is COc1cc(-c2ccc(C(F)(F)F)nc2)cc(CNC(=O)[C@@H]2CCCN2S(=O)(=O)c2ccc(F)cc2)n1. The van der Waals surface area contributed by atoms with Crippen LogP contribution in [0.5, 0.6) is 5.88 Å². The fourth-order valence-electron chi connectivity index (χ4n) is 3.98. The second kappa shape index (κ2) is 10.4. The van der Waals surface area contributed by atoms with Crippen molar-refractivity contribution in [1.29, 1.82) is 0 Å². The number of sulfonamides is 1. The van der Waals surface area contributed by atoms with Gasteiger partial charge in [0.05, 0.1) is 24.2 Å². The van der Waals surface area contributed by atoms with Crippen LogP contribution in [-0.2, 0) is 27.5 Å². The van der Waals surface area contributed by atoms with Crippen molar-refractivity contribution in [2.75, 3.05) is 13.7 Å². The first-order valence-electron chi connectivity index (χ1n) is 11.1. The highest BCUT2D eigenvalue weighted by molar-refractivity contribution is 7.89. The molecule has 0 radical (unpaired) electrons. The van der Waals surface area contributed by atoms with E-state index < -0.39 is 39.7 Å². The second-order valence-corrected chi connectivity index (χ2v) is 10.2. The Morgan fingerprint density at radius 1 is 1.14 bits per heavy atom. The minimum absolute atomic E-state index is 0.0853. The lowest BCUT2D eigenvalue weighted by Crippen LogP contribution is -2.45. The van der Waals surface area contributed by atoms with Gasteiger partial charge in [-0.1, -0.05) is 6.07 Å². The van der Waals surface area contributed by atoms with Crippen molar-refractivity contribution in [3.63, 3.8) is 0 Å². The normalized spacial score (nSPS) is 16.5. The summed E-state index contributed by atoms with van der Waals surface area (Å²) in [5, 5.41) is 2.68. The molecule has 2 aromatic heterocycles. The predicted octanol–water partition coefficient (Wildman–Crippen LogP) is 3.78. The van der Waals surface area contributed by atoms with E-state index in [1.807, 2.05) is 0 Å². The van der Waals surface area contributed by atoms with Crippen LogP contribution in [-0.4, -0.2) is 48.3 Å². The molecule has 8 nitrogen and oxygen atoms in total. The van der Waals surface area contributed by atoms with Gasteiger partial charge in [0.2, 0.25) is 21.8 Å². The minimum Gasteiger partial charge on any atom is -0.481 e. The molecule has 0 spiro atoms. The van der Waals surface area contributed by atoms with Crippen LogP contribution in [0.3, 0.4) is 0 Å². The van der Waals surface area contributed by atoms with Crippen molar-refractivity contribution in [2.24, 2.45) is 0 Å².